The van der Waals surface area contributed by atoms with E-state index in [1.54, 1.807) is 19.0 Å². The molecule has 0 atom stereocenters. The molecule has 0 aliphatic heterocycles. The van der Waals surface area contributed by atoms with E-state index in [9.17, 15) is 4.79 Å². The molecule has 2 aromatic rings. The molecule has 0 saturated carbocycles. The van der Waals surface area contributed by atoms with Crippen molar-refractivity contribution in [3.63, 3.8) is 0 Å². The minimum atomic E-state index is 0. The summed E-state index contributed by atoms with van der Waals surface area (Å²) < 4.78 is 0. The van der Waals surface area contributed by atoms with Crippen LogP contribution in [0.2, 0.25) is 0 Å². The molecular formula is C20H27IN4O. The molecule has 2 rings (SSSR count). The number of guanidine groups is 1. The van der Waals surface area contributed by atoms with Crippen LogP contribution in [0.4, 0.5) is 0 Å². The summed E-state index contributed by atoms with van der Waals surface area (Å²) in [5.41, 5.74) is 2.97. The topological polar surface area (TPSA) is 47.9 Å². The van der Waals surface area contributed by atoms with E-state index in [0.29, 0.717) is 18.7 Å². The first-order valence-corrected chi connectivity index (χ1v) is 8.27. The Labute approximate surface area is 173 Å². The number of hydrogen-bond donors (Lipinski definition) is 1. The Hall–Kier alpha value is -2.09. The maximum atomic E-state index is 11.9. The highest BCUT2D eigenvalue weighted by Gasteiger charge is 2.07. The van der Waals surface area contributed by atoms with Gasteiger partial charge in [0.2, 0.25) is 0 Å². The zero-order valence-electron chi connectivity index (χ0n) is 15.8. The fourth-order valence-electron chi connectivity index (χ4n) is 2.31. The standard InChI is InChI=1S/C20H26N4O.HI/c1-23(2)19(25)18-12-10-17(11-13-18)15-22-20(24(3)4)21-14-16-8-6-5-7-9-16;/h5-13H,14-15H2,1-4H3,(H,21,22);1H. The average Bonchev–Trinajstić information content (AvgIpc) is 2.62. The van der Waals surface area contributed by atoms with Gasteiger partial charge in [0.15, 0.2) is 5.96 Å². The van der Waals surface area contributed by atoms with Crippen LogP contribution < -0.4 is 5.32 Å². The molecule has 1 amide bonds. The van der Waals surface area contributed by atoms with E-state index in [4.69, 9.17) is 0 Å². The lowest BCUT2D eigenvalue weighted by molar-refractivity contribution is 0.0827. The van der Waals surface area contributed by atoms with Crippen LogP contribution in [0.15, 0.2) is 59.6 Å². The van der Waals surface area contributed by atoms with Gasteiger partial charge in [0, 0.05) is 40.3 Å². The summed E-state index contributed by atoms with van der Waals surface area (Å²) in [6, 6.07) is 17.8. The van der Waals surface area contributed by atoms with Crippen LogP contribution in [0.1, 0.15) is 21.5 Å². The van der Waals surface area contributed by atoms with Gasteiger partial charge in [0.25, 0.3) is 5.91 Å². The summed E-state index contributed by atoms with van der Waals surface area (Å²) in [6.07, 6.45) is 0. The fraction of sp³-hybridized carbons (Fsp3) is 0.300. The maximum Gasteiger partial charge on any atom is 0.253 e. The Kier molecular flexibility index (Phi) is 9.12. The Balaban J connectivity index is 0.00000338. The summed E-state index contributed by atoms with van der Waals surface area (Å²) >= 11 is 0. The minimum absolute atomic E-state index is 0. The molecule has 2 aromatic carbocycles. The number of halogens is 1. The van der Waals surface area contributed by atoms with E-state index in [0.717, 1.165) is 11.5 Å². The number of benzene rings is 2. The van der Waals surface area contributed by atoms with Crippen LogP contribution >= 0.6 is 24.0 Å². The second kappa shape index (κ2) is 10.8. The zero-order chi connectivity index (χ0) is 18.2. The Morgan fingerprint density at radius 1 is 0.885 bits per heavy atom. The molecule has 1 N–H and O–H groups in total. The van der Waals surface area contributed by atoms with Crippen LogP contribution in [0.5, 0.6) is 0 Å². The molecule has 0 spiro atoms. The van der Waals surface area contributed by atoms with Gasteiger partial charge in [-0.15, -0.1) is 24.0 Å². The lowest BCUT2D eigenvalue weighted by Gasteiger charge is -2.18. The smallest absolute Gasteiger partial charge is 0.253 e. The molecule has 6 heteroatoms. The summed E-state index contributed by atoms with van der Waals surface area (Å²) in [4.78, 5) is 20.1. The summed E-state index contributed by atoms with van der Waals surface area (Å²) in [5.74, 6) is 0.843. The normalized spacial score (nSPS) is 10.7. The number of carbonyl (C=O) groups excluding carboxylic acids is 1. The fourth-order valence-corrected chi connectivity index (χ4v) is 2.31. The number of amides is 1. The van der Waals surface area contributed by atoms with Crippen LogP contribution in [-0.4, -0.2) is 49.9 Å². The SMILES string of the molecule is CN(C)C(=O)c1ccc(CNC(=NCc2ccccc2)N(C)C)cc1.I. The van der Waals surface area contributed by atoms with E-state index in [2.05, 4.69) is 22.4 Å². The molecule has 0 fully saturated rings. The molecular weight excluding hydrogens is 439 g/mol. The van der Waals surface area contributed by atoms with Gasteiger partial charge in [-0.3, -0.25) is 4.79 Å². The Bertz CT molecular complexity index is 712. The molecule has 140 valence electrons. The van der Waals surface area contributed by atoms with Gasteiger partial charge in [-0.1, -0.05) is 42.5 Å². The van der Waals surface area contributed by atoms with Crippen molar-refractivity contribution in [2.75, 3.05) is 28.2 Å². The van der Waals surface area contributed by atoms with Crippen molar-refractivity contribution >= 4 is 35.8 Å². The van der Waals surface area contributed by atoms with Crippen molar-refractivity contribution < 1.29 is 4.79 Å². The second-order valence-electron chi connectivity index (χ2n) is 6.27. The predicted octanol–water partition coefficient (Wildman–Crippen LogP) is 3.21. The molecule has 0 aliphatic rings. The van der Waals surface area contributed by atoms with Gasteiger partial charge in [0.05, 0.1) is 6.54 Å². The predicted molar refractivity (Wildman–Crippen MR) is 118 cm³/mol. The highest BCUT2D eigenvalue weighted by Crippen LogP contribution is 2.07. The van der Waals surface area contributed by atoms with Crippen LogP contribution in [0.25, 0.3) is 0 Å². The van der Waals surface area contributed by atoms with Gasteiger partial charge < -0.3 is 15.1 Å². The number of carbonyl (C=O) groups is 1. The molecule has 0 heterocycles. The largest absolute Gasteiger partial charge is 0.352 e. The highest BCUT2D eigenvalue weighted by molar-refractivity contribution is 14.0. The summed E-state index contributed by atoms with van der Waals surface area (Å²) in [5, 5.41) is 3.36. The number of nitrogens with zero attached hydrogens (tertiary/aromatic N) is 3. The lowest BCUT2D eigenvalue weighted by Crippen LogP contribution is -2.36. The monoisotopic (exact) mass is 466 g/mol. The third-order valence-electron chi connectivity index (χ3n) is 3.74. The van der Waals surface area contributed by atoms with E-state index >= 15 is 0 Å². The van der Waals surface area contributed by atoms with Crippen LogP contribution in [0, 0.1) is 0 Å². The van der Waals surface area contributed by atoms with Gasteiger partial charge in [-0.2, -0.15) is 0 Å². The van der Waals surface area contributed by atoms with Gasteiger partial charge >= 0.3 is 0 Å². The van der Waals surface area contributed by atoms with Crippen molar-refractivity contribution in [1.29, 1.82) is 0 Å². The van der Waals surface area contributed by atoms with Crippen molar-refractivity contribution in [3.8, 4) is 0 Å². The molecule has 0 unspecified atom stereocenters. The first-order chi connectivity index (χ1) is 12.0. The van der Waals surface area contributed by atoms with Crippen molar-refractivity contribution in [2.45, 2.75) is 13.1 Å². The van der Waals surface area contributed by atoms with Crippen molar-refractivity contribution in [2.24, 2.45) is 4.99 Å². The van der Waals surface area contributed by atoms with E-state index < -0.39 is 0 Å². The molecule has 0 aromatic heterocycles. The van der Waals surface area contributed by atoms with Crippen LogP contribution in [0.3, 0.4) is 0 Å². The zero-order valence-corrected chi connectivity index (χ0v) is 18.1. The molecule has 26 heavy (non-hydrogen) atoms. The molecule has 0 radical (unpaired) electrons. The molecule has 5 nitrogen and oxygen atoms in total. The van der Waals surface area contributed by atoms with Crippen molar-refractivity contribution in [1.82, 2.24) is 15.1 Å². The number of aliphatic imine (C=N–C) groups is 1. The average molecular weight is 466 g/mol. The van der Waals surface area contributed by atoms with Gasteiger partial charge in [-0.05, 0) is 23.3 Å². The number of nitrogens with one attached hydrogen (secondary N) is 1. The minimum Gasteiger partial charge on any atom is -0.352 e. The molecule has 0 bridgehead atoms. The summed E-state index contributed by atoms with van der Waals surface area (Å²) in [7, 11) is 7.44. The second-order valence-corrected chi connectivity index (χ2v) is 6.27. The molecule has 0 aliphatic carbocycles. The quantitative estimate of drug-likeness (QED) is 0.419. The summed E-state index contributed by atoms with van der Waals surface area (Å²) in [6.45, 7) is 1.29. The van der Waals surface area contributed by atoms with E-state index in [1.807, 2.05) is 61.5 Å². The maximum absolute atomic E-state index is 11.9. The lowest BCUT2D eigenvalue weighted by atomic mass is 10.1. The van der Waals surface area contributed by atoms with Gasteiger partial charge in [0.1, 0.15) is 0 Å². The Morgan fingerprint density at radius 2 is 1.50 bits per heavy atom. The first kappa shape index (κ1) is 22.0. The first-order valence-electron chi connectivity index (χ1n) is 8.27. The third kappa shape index (κ3) is 6.67. The highest BCUT2D eigenvalue weighted by atomic mass is 127. The Morgan fingerprint density at radius 3 is 2.04 bits per heavy atom. The number of rotatable bonds is 5. The molecule has 0 saturated heterocycles. The third-order valence-corrected chi connectivity index (χ3v) is 3.74. The number of hydrogen-bond acceptors (Lipinski definition) is 2. The van der Waals surface area contributed by atoms with E-state index in [-0.39, 0.29) is 29.9 Å². The van der Waals surface area contributed by atoms with Crippen molar-refractivity contribution in [3.05, 3.63) is 71.3 Å². The van der Waals surface area contributed by atoms with E-state index in [1.165, 1.54) is 5.56 Å². The van der Waals surface area contributed by atoms with Gasteiger partial charge in [-0.25, -0.2) is 4.99 Å². The van der Waals surface area contributed by atoms with Crippen LogP contribution in [-0.2, 0) is 13.1 Å².